The zero-order chi connectivity index (χ0) is 25.8. The van der Waals surface area contributed by atoms with Crippen LogP contribution in [0.1, 0.15) is 93.4 Å². The van der Waals surface area contributed by atoms with E-state index >= 15 is 0 Å². The molecule has 5 aliphatic carbocycles. The highest BCUT2D eigenvalue weighted by Gasteiger charge is 2.67. The summed E-state index contributed by atoms with van der Waals surface area (Å²) in [5, 5.41) is 31.3. The molecule has 1 unspecified atom stereocenters. The number of carbonyl (C=O) groups is 1. The first-order chi connectivity index (χ1) is 16.2. The van der Waals surface area contributed by atoms with Crippen molar-refractivity contribution >= 4 is 5.78 Å². The highest BCUT2D eigenvalue weighted by Crippen LogP contribution is 2.75. The number of aliphatic hydroxyl groups is 2. The first-order valence-corrected chi connectivity index (χ1v) is 13.4. The normalized spacial score (nSPS) is 46.9. The van der Waals surface area contributed by atoms with Crippen LogP contribution >= 0.6 is 0 Å². The van der Waals surface area contributed by atoms with Gasteiger partial charge in [-0.2, -0.15) is 5.26 Å². The lowest BCUT2D eigenvalue weighted by molar-refractivity contribution is -0.167. The van der Waals surface area contributed by atoms with E-state index in [4.69, 9.17) is 0 Å². The highest BCUT2D eigenvalue weighted by molar-refractivity contribution is 5.82. The number of ketones is 1. The van der Waals surface area contributed by atoms with E-state index in [1.165, 1.54) is 5.57 Å². The molecule has 0 radical (unpaired) electrons. The molecule has 0 aliphatic heterocycles. The van der Waals surface area contributed by atoms with E-state index in [9.17, 15) is 20.3 Å². The number of nitriles is 1. The SMILES string of the molecule is CC(=O)[C@]1(C)CC[C@]2(C)CC[C@]3(C)C4=CC(C#N)=C5C(=CC(O)C(O)=C5C)[C@]4(C)CC[C@@]3(C)[C@@H]2C1. The second-order valence-electron chi connectivity index (χ2n) is 13.6. The van der Waals surface area contributed by atoms with Crippen molar-refractivity contribution in [3.05, 3.63) is 45.8 Å². The molecule has 4 heteroatoms. The highest BCUT2D eigenvalue weighted by atomic mass is 16.3. The zero-order valence-electron chi connectivity index (χ0n) is 22.5. The Morgan fingerprint density at radius 1 is 1.06 bits per heavy atom. The number of allylic oxidation sites excluding steroid dienone is 6. The molecule has 0 aromatic heterocycles. The molecule has 0 aromatic rings. The number of fused-ring (bicyclic) bond motifs is 7. The molecule has 0 saturated heterocycles. The standard InChI is InChI=1S/C31H41NO3/c1-18-25-20(17-32)14-23-29(5,21(25)15-22(34)26(18)35)11-13-31(7)24-16-28(4,19(2)33)9-8-27(24,3)10-12-30(23,31)6/h14-15,22,24,34-35H,8-13,16H2,1-7H3/t22?,24-,27-,28-,29+,30-,31+/m1/s1. The number of Topliss-reactive ketones (excluding diaryl/α,β-unsaturated/α-hetero) is 1. The molecule has 0 aromatic carbocycles. The van der Waals surface area contributed by atoms with Crippen LogP contribution < -0.4 is 0 Å². The van der Waals surface area contributed by atoms with Gasteiger partial charge in [-0.05, 0) is 104 Å². The Bertz CT molecular complexity index is 1200. The van der Waals surface area contributed by atoms with Gasteiger partial charge in [0.2, 0.25) is 0 Å². The lowest BCUT2D eigenvalue weighted by Gasteiger charge is -2.70. The summed E-state index contributed by atoms with van der Waals surface area (Å²) in [6.07, 6.45) is 10.1. The average molecular weight is 476 g/mol. The van der Waals surface area contributed by atoms with E-state index in [1.54, 1.807) is 13.0 Å². The largest absolute Gasteiger partial charge is 0.509 e. The molecule has 5 aliphatic rings. The summed E-state index contributed by atoms with van der Waals surface area (Å²) in [6.45, 7) is 15.4. The summed E-state index contributed by atoms with van der Waals surface area (Å²) in [7, 11) is 0. The van der Waals surface area contributed by atoms with Crippen LogP contribution in [0.4, 0.5) is 0 Å². The minimum atomic E-state index is -1.03. The molecule has 0 spiro atoms. The van der Waals surface area contributed by atoms with Crippen molar-refractivity contribution in [2.45, 2.75) is 99.5 Å². The maximum Gasteiger partial charge on any atom is 0.135 e. The van der Waals surface area contributed by atoms with E-state index in [1.807, 2.05) is 6.92 Å². The fourth-order valence-corrected chi connectivity index (χ4v) is 9.08. The van der Waals surface area contributed by atoms with Gasteiger partial charge < -0.3 is 10.2 Å². The van der Waals surface area contributed by atoms with Gasteiger partial charge in [-0.25, -0.2) is 0 Å². The van der Waals surface area contributed by atoms with E-state index in [2.05, 4.69) is 46.8 Å². The summed E-state index contributed by atoms with van der Waals surface area (Å²) in [5.74, 6) is 0.702. The number of carbonyl (C=O) groups excluding carboxylic acids is 1. The fourth-order valence-electron chi connectivity index (χ4n) is 9.08. The molecular weight excluding hydrogens is 434 g/mol. The van der Waals surface area contributed by atoms with Crippen LogP contribution in [0.3, 0.4) is 0 Å². The van der Waals surface area contributed by atoms with Crippen molar-refractivity contribution in [2.24, 2.45) is 33.0 Å². The fraction of sp³-hybridized carbons (Fsp3) is 0.677. The number of aliphatic hydroxyl groups excluding tert-OH is 2. The maximum absolute atomic E-state index is 12.7. The Morgan fingerprint density at radius 2 is 1.71 bits per heavy atom. The predicted molar refractivity (Wildman–Crippen MR) is 137 cm³/mol. The first kappa shape index (κ1) is 24.6. The Labute approximate surface area is 210 Å². The van der Waals surface area contributed by atoms with Crippen LogP contribution in [-0.2, 0) is 4.79 Å². The summed E-state index contributed by atoms with van der Waals surface area (Å²) < 4.78 is 0. The van der Waals surface area contributed by atoms with Crippen LogP contribution in [0.15, 0.2) is 45.8 Å². The van der Waals surface area contributed by atoms with Gasteiger partial charge in [0.1, 0.15) is 17.6 Å². The predicted octanol–water partition coefficient (Wildman–Crippen LogP) is 6.89. The lowest BCUT2D eigenvalue weighted by atomic mass is 9.34. The molecule has 0 heterocycles. The third-order valence-corrected chi connectivity index (χ3v) is 12.1. The number of nitrogens with zero attached hydrogens (tertiary/aromatic N) is 1. The van der Waals surface area contributed by atoms with E-state index in [0.717, 1.165) is 56.1 Å². The Kier molecular flexibility index (Phi) is 5.07. The molecule has 0 amide bonds. The van der Waals surface area contributed by atoms with E-state index in [0.29, 0.717) is 22.8 Å². The van der Waals surface area contributed by atoms with Crippen molar-refractivity contribution in [1.82, 2.24) is 0 Å². The number of hydrogen-bond donors (Lipinski definition) is 2. The smallest absolute Gasteiger partial charge is 0.135 e. The maximum atomic E-state index is 12.7. The van der Waals surface area contributed by atoms with Crippen LogP contribution in [0, 0.1) is 44.3 Å². The molecular formula is C31H41NO3. The molecule has 0 bridgehead atoms. The summed E-state index contributed by atoms with van der Waals surface area (Å²) >= 11 is 0. The summed E-state index contributed by atoms with van der Waals surface area (Å²) in [5.41, 5.74) is 3.90. The molecule has 5 rings (SSSR count). The molecule has 3 saturated carbocycles. The van der Waals surface area contributed by atoms with Crippen LogP contribution in [-0.4, -0.2) is 22.1 Å². The molecule has 188 valence electrons. The van der Waals surface area contributed by atoms with Gasteiger partial charge in [0, 0.05) is 16.4 Å². The van der Waals surface area contributed by atoms with Gasteiger partial charge in [-0.1, -0.05) is 40.2 Å². The monoisotopic (exact) mass is 475 g/mol. The molecule has 7 atom stereocenters. The van der Waals surface area contributed by atoms with Crippen LogP contribution in [0.2, 0.25) is 0 Å². The van der Waals surface area contributed by atoms with Crippen molar-refractivity contribution < 1.29 is 15.0 Å². The van der Waals surface area contributed by atoms with Crippen molar-refractivity contribution in [2.75, 3.05) is 0 Å². The van der Waals surface area contributed by atoms with Crippen molar-refractivity contribution in [1.29, 1.82) is 5.26 Å². The Hall–Kier alpha value is -2.12. The van der Waals surface area contributed by atoms with Gasteiger partial charge >= 0.3 is 0 Å². The van der Waals surface area contributed by atoms with Crippen molar-refractivity contribution in [3.63, 3.8) is 0 Å². The topological polar surface area (TPSA) is 81.3 Å². The van der Waals surface area contributed by atoms with Crippen molar-refractivity contribution in [3.8, 4) is 6.07 Å². The van der Waals surface area contributed by atoms with E-state index < -0.39 is 6.10 Å². The minimum Gasteiger partial charge on any atom is -0.509 e. The summed E-state index contributed by atoms with van der Waals surface area (Å²) in [4.78, 5) is 12.7. The van der Waals surface area contributed by atoms with Crippen LogP contribution in [0.5, 0.6) is 0 Å². The van der Waals surface area contributed by atoms with Crippen LogP contribution in [0.25, 0.3) is 0 Å². The quantitative estimate of drug-likeness (QED) is 0.433. The zero-order valence-corrected chi connectivity index (χ0v) is 22.5. The second kappa shape index (κ2) is 7.22. The third-order valence-electron chi connectivity index (χ3n) is 12.1. The summed E-state index contributed by atoms with van der Waals surface area (Å²) in [6, 6.07) is 2.43. The third kappa shape index (κ3) is 2.91. The molecule has 35 heavy (non-hydrogen) atoms. The Balaban J connectivity index is 1.70. The number of hydrogen-bond acceptors (Lipinski definition) is 4. The molecule has 4 nitrogen and oxygen atoms in total. The number of rotatable bonds is 1. The van der Waals surface area contributed by atoms with Gasteiger partial charge in [-0.15, -0.1) is 0 Å². The minimum absolute atomic E-state index is 0.0153. The van der Waals surface area contributed by atoms with E-state index in [-0.39, 0.29) is 32.8 Å². The first-order valence-electron chi connectivity index (χ1n) is 13.4. The Morgan fingerprint density at radius 3 is 2.34 bits per heavy atom. The van der Waals surface area contributed by atoms with Gasteiger partial charge in [0.25, 0.3) is 0 Å². The van der Waals surface area contributed by atoms with Gasteiger partial charge in [0.15, 0.2) is 0 Å². The van der Waals surface area contributed by atoms with Gasteiger partial charge in [0.05, 0.1) is 11.6 Å². The second-order valence-corrected chi connectivity index (χ2v) is 13.6. The van der Waals surface area contributed by atoms with Gasteiger partial charge in [-0.3, -0.25) is 4.79 Å². The average Bonchev–Trinajstić information content (AvgIpc) is 2.80. The molecule has 2 N–H and O–H groups in total. The lowest BCUT2D eigenvalue weighted by Crippen LogP contribution is -2.62. The molecule has 3 fully saturated rings.